The summed E-state index contributed by atoms with van der Waals surface area (Å²) < 4.78 is 41.1. The number of fused-ring (bicyclic) bond motifs is 1. The Morgan fingerprint density at radius 3 is 2.70 bits per heavy atom. The maximum atomic E-state index is 13.1. The van der Waals surface area contributed by atoms with E-state index in [1.165, 1.54) is 18.2 Å². The van der Waals surface area contributed by atoms with Crippen molar-refractivity contribution in [1.29, 1.82) is 0 Å². The van der Waals surface area contributed by atoms with E-state index in [0.717, 1.165) is 36.1 Å². The zero-order chi connectivity index (χ0) is 23.8. The summed E-state index contributed by atoms with van der Waals surface area (Å²) in [4.78, 5) is 29.1. The Labute approximate surface area is 188 Å². The summed E-state index contributed by atoms with van der Waals surface area (Å²) in [6.07, 6.45) is -1.20. The van der Waals surface area contributed by atoms with Crippen molar-refractivity contribution < 1.29 is 22.8 Å². The number of nitrogens with zero attached hydrogens (tertiary/aromatic N) is 2. The number of carbonyl (C=O) groups is 2. The van der Waals surface area contributed by atoms with Crippen molar-refractivity contribution >= 4 is 28.8 Å². The van der Waals surface area contributed by atoms with Crippen molar-refractivity contribution in [2.45, 2.75) is 44.4 Å². The van der Waals surface area contributed by atoms with Gasteiger partial charge in [-0.1, -0.05) is 18.7 Å². The number of halogens is 3. The topological polar surface area (TPSA) is 76.0 Å². The first-order chi connectivity index (χ1) is 15.7. The second-order valence-corrected chi connectivity index (χ2v) is 8.21. The molecule has 0 aliphatic heterocycles. The summed E-state index contributed by atoms with van der Waals surface area (Å²) in [5.41, 5.74) is 1.47. The van der Waals surface area contributed by atoms with E-state index in [2.05, 4.69) is 22.2 Å². The van der Waals surface area contributed by atoms with Crippen LogP contribution in [0.5, 0.6) is 0 Å². The average molecular weight is 456 g/mol. The Morgan fingerprint density at radius 1 is 1.18 bits per heavy atom. The molecule has 1 aliphatic rings. The van der Waals surface area contributed by atoms with E-state index in [-0.39, 0.29) is 29.5 Å². The van der Waals surface area contributed by atoms with E-state index in [0.29, 0.717) is 11.9 Å². The van der Waals surface area contributed by atoms with Crippen LogP contribution in [0.1, 0.15) is 46.8 Å². The molecule has 2 atom stereocenters. The highest BCUT2D eigenvalue weighted by Crippen LogP contribution is 2.36. The third kappa shape index (κ3) is 4.76. The zero-order valence-corrected chi connectivity index (χ0v) is 17.9. The van der Waals surface area contributed by atoms with Gasteiger partial charge in [-0.15, -0.1) is 0 Å². The standard InChI is InChI=1S/C24H23F3N4O2/c1-3-21(32)28-17-8-9-18(13-17)31-20-10-7-14(2)11-19(20)29-23(31)30-22(33)15-5-4-6-16(12-15)24(25,26)27/h3-7,10-12,17-18H,1,8-9,13H2,2H3,(H,28,32)(H,29,30,33)/t17-,18+/m1/s1. The van der Waals surface area contributed by atoms with Crippen LogP contribution in [0.3, 0.4) is 0 Å². The minimum Gasteiger partial charge on any atom is -0.350 e. The van der Waals surface area contributed by atoms with E-state index in [1.54, 1.807) is 0 Å². The van der Waals surface area contributed by atoms with Gasteiger partial charge in [-0.25, -0.2) is 4.98 Å². The molecule has 9 heteroatoms. The Balaban J connectivity index is 1.66. The summed E-state index contributed by atoms with van der Waals surface area (Å²) in [5, 5.41) is 5.60. The third-order valence-electron chi connectivity index (χ3n) is 5.82. The minimum atomic E-state index is -4.55. The van der Waals surface area contributed by atoms with Crippen LogP contribution in [0.25, 0.3) is 11.0 Å². The number of rotatable bonds is 5. The van der Waals surface area contributed by atoms with Gasteiger partial charge in [-0.2, -0.15) is 13.2 Å². The molecule has 1 aromatic heterocycles. The van der Waals surface area contributed by atoms with Crippen LogP contribution in [0, 0.1) is 6.92 Å². The van der Waals surface area contributed by atoms with Crippen LogP contribution in [0.4, 0.5) is 19.1 Å². The fraction of sp³-hybridized carbons (Fsp3) is 0.292. The van der Waals surface area contributed by atoms with Crippen molar-refractivity contribution in [1.82, 2.24) is 14.9 Å². The lowest BCUT2D eigenvalue weighted by Gasteiger charge is -2.18. The lowest BCUT2D eigenvalue weighted by Crippen LogP contribution is -2.31. The number of hydrogen-bond donors (Lipinski definition) is 2. The van der Waals surface area contributed by atoms with Gasteiger partial charge >= 0.3 is 6.18 Å². The molecule has 3 aromatic rings. The molecular formula is C24H23F3N4O2. The molecule has 1 fully saturated rings. The molecule has 1 saturated carbocycles. The Hall–Kier alpha value is -3.62. The van der Waals surface area contributed by atoms with Crippen LogP contribution in [-0.4, -0.2) is 27.4 Å². The Kier molecular flexibility index (Phi) is 5.97. The molecule has 1 aliphatic carbocycles. The number of amides is 2. The van der Waals surface area contributed by atoms with Gasteiger partial charge in [-0.3, -0.25) is 14.9 Å². The fourth-order valence-electron chi connectivity index (χ4n) is 4.26. The van der Waals surface area contributed by atoms with Crippen molar-refractivity contribution in [3.8, 4) is 0 Å². The third-order valence-corrected chi connectivity index (χ3v) is 5.82. The van der Waals surface area contributed by atoms with Crippen molar-refractivity contribution in [2.75, 3.05) is 5.32 Å². The van der Waals surface area contributed by atoms with E-state index in [4.69, 9.17) is 0 Å². The smallest absolute Gasteiger partial charge is 0.350 e. The number of nitrogens with one attached hydrogen (secondary N) is 2. The molecule has 33 heavy (non-hydrogen) atoms. The summed E-state index contributed by atoms with van der Waals surface area (Å²) >= 11 is 0. The van der Waals surface area contributed by atoms with Gasteiger partial charge in [-0.05, 0) is 68.2 Å². The molecule has 0 unspecified atom stereocenters. The number of aromatic nitrogens is 2. The first kappa shape index (κ1) is 22.6. The van der Waals surface area contributed by atoms with Gasteiger partial charge in [0.25, 0.3) is 5.91 Å². The van der Waals surface area contributed by atoms with Crippen LogP contribution in [-0.2, 0) is 11.0 Å². The van der Waals surface area contributed by atoms with E-state index in [1.807, 2.05) is 29.7 Å². The Morgan fingerprint density at radius 2 is 1.97 bits per heavy atom. The van der Waals surface area contributed by atoms with Gasteiger partial charge in [0.2, 0.25) is 11.9 Å². The predicted octanol–water partition coefficient (Wildman–Crippen LogP) is 5.01. The van der Waals surface area contributed by atoms with Gasteiger partial charge in [0.15, 0.2) is 0 Å². The van der Waals surface area contributed by atoms with Gasteiger partial charge in [0.1, 0.15) is 0 Å². The summed E-state index contributed by atoms with van der Waals surface area (Å²) in [6, 6.07) is 9.91. The average Bonchev–Trinajstić information content (AvgIpc) is 3.36. The van der Waals surface area contributed by atoms with E-state index < -0.39 is 17.6 Å². The largest absolute Gasteiger partial charge is 0.416 e. The molecule has 2 amide bonds. The van der Waals surface area contributed by atoms with Crippen LogP contribution >= 0.6 is 0 Å². The molecular weight excluding hydrogens is 433 g/mol. The van der Waals surface area contributed by atoms with Gasteiger partial charge in [0, 0.05) is 17.6 Å². The van der Waals surface area contributed by atoms with E-state index >= 15 is 0 Å². The lowest BCUT2D eigenvalue weighted by molar-refractivity contribution is -0.137. The molecule has 2 N–H and O–H groups in total. The number of aryl methyl sites for hydroxylation is 1. The first-order valence-corrected chi connectivity index (χ1v) is 10.6. The van der Waals surface area contributed by atoms with E-state index in [9.17, 15) is 22.8 Å². The molecule has 0 bridgehead atoms. The summed E-state index contributed by atoms with van der Waals surface area (Å²) in [7, 11) is 0. The lowest BCUT2D eigenvalue weighted by atomic mass is 10.1. The highest BCUT2D eigenvalue weighted by atomic mass is 19.4. The molecule has 2 aromatic carbocycles. The Bertz CT molecular complexity index is 1230. The van der Waals surface area contributed by atoms with Crippen molar-refractivity contribution in [2.24, 2.45) is 0 Å². The van der Waals surface area contributed by atoms with Gasteiger partial charge < -0.3 is 9.88 Å². The predicted molar refractivity (Wildman–Crippen MR) is 119 cm³/mol. The number of alkyl halides is 3. The highest BCUT2D eigenvalue weighted by Gasteiger charge is 2.32. The highest BCUT2D eigenvalue weighted by molar-refractivity contribution is 6.04. The molecule has 6 nitrogen and oxygen atoms in total. The number of anilines is 1. The van der Waals surface area contributed by atoms with Crippen molar-refractivity contribution in [3.63, 3.8) is 0 Å². The first-order valence-electron chi connectivity index (χ1n) is 10.6. The molecule has 4 rings (SSSR count). The van der Waals surface area contributed by atoms with Gasteiger partial charge in [0.05, 0.1) is 16.6 Å². The molecule has 0 spiro atoms. The SMILES string of the molecule is C=CC(=O)N[C@@H]1CC[C@H](n2c(NC(=O)c3cccc(C(F)(F)F)c3)nc3cc(C)ccc32)C1. The number of carbonyl (C=O) groups excluding carboxylic acids is 2. The maximum absolute atomic E-state index is 13.1. The monoisotopic (exact) mass is 456 g/mol. The molecule has 172 valence electrons. The molecule has 0 radical (unpaired) electrons. The number of imidazole rings is 1. The molecule has 1 heterocycles. The summed E-state index contributed by atoms with van der Waals surface area (Å²) in [6.45, 7) is 5.40. The quantitative estimate of drug-likeness (QED) is 0.530. The van der Waals surface area contributed by atoms with Crippen LogP contribution in [0.15, 0.2) is 55.1 Å². The number of benzene rings is 2. The second kappa shape index (κ2) is 8.73. The fourth-order valence-corrected chi connectivity index (χ4v) is 4.26. The molecule has 0 saturated heterocycles. The van der Waals surface area contributed by atoms with Crippen molar-refractivity contribution in [3.05, 3.63) is 71.8 Å². The number of hydrogen-bond acceptors (Lipinski definition) is 3. The zero-order valence-electron chi connectivity index (χ0n) is 17.9. The normalized spacial score (nSPS) is 18.3. The van der Waals surface area contributed by atoms with Crippen LogP contribution in [0.2, 0.25) is 0 Å². The second-order valence-electron chi connectivity index (χ2n) is 8.21. The maximum Gasteiger partial charge on any atom is 0.416 e. The summed E-state index contributed by atoms with van der Waals surface area (Å²) in [5.74, 6) is -0.660. The van der Waals surface area contributed by atoms with Crippen LogP contribution < -0.4 is 10.6 Å². The minimum absolute atomic E-state index is 0.0459.